The molecule has 2 heterocycles. The first kappa shape index (κ1) is 45.9. The maximum absolute atomic E-state index is 3.98. The quantitative estimate of drug-likeness (QED) is 0.0751. The van der Waals surface area contributed by atoms with Crippen molar-refractivity contribution >= 4 is 77.4 Å². The number of aromatic nitrogens is 1. The van der Waals surface area contributed by atoms with Gasteiger partial charge in [-0.05, 0) is 151 Å². The van der Waals surface area contributed by atoms with Crippen LogP contribution in [0.5, 0.6) is 0 Å². The number of nitrogens with zero attached hydrogens (tertiary/aromatic N) is 1. The van der Waals surface area contributed by atoms with Crippen LogP contribution in [0.1, 0.15) is 48.4 Å². The van der Waals surface area contributed by atoms with Gasteiger partial charge in [0.15, 0.2) is 0 Å². The van der Waals surface area contributed by atoms with Gasteiger partial charge in [0.25, 0.3) is 0 Å². The predicted molar refractivity (Wildman–Crippen MR) is 325 cm³/mol. The predicted octanol–water partition coefficient (Wildman–Crippen LogP) is 20.3. The van der Waals surface area contributed by atoms with Crippen LogP contribution in [-0.4, -0.2) is 4.57 Å². The van der Waals surface area contributed by atoms with Crippen LogP contribution < -0.4 is 0 Å². The highest BCUT2D eigenvalue weighted by Crippen LogP contribution is 2.51. The Labute approximate surface area is 444 Å². The number of para-hydroxylation sites is 1. The molecule has 3 aliphatic carbocycles. The van der Waals surface area contributed by atoms with Crippen LogP contribution in [0.3, 0.4) is 0 Å². The Hall–Kier alpha value is -8.91. The molecule has 8 aromatic carbocycles. The molecule has 1 aromatic heterocycles. The molecule has 0 atom stereocenters. The van der Waals surface area contributed by atoms with Crippen molar-refractivity contribution in [2.75, 3.05) is 0 Å². The molecule has 1 nitrogen and oxygen atoms in total. The molecule has 0 saturated heterocycles. The third-order valence-corrected chi connectivity index (χ3v) is 16.2. The summed E-state index contributed by atoms with van der Waals surface area (Å²) < 4.78 is 2.47. The first-order chi connectivity index (χ1) is 37.1. The molecule has 356 valence electrons. The van der Waals surface area contributed by atoms with Crippen LogP contribution in [-0.2, 0) is 0 Å². The van der Waals surface area contributed by atoms with E-state index in [1.54, 1.807) is 0 Å². The second-order valence-electron chi connectivity index (χ2n) is 19.4. The molecule has 13 rings (SSSR count). The number of rotatable bonds is 10. The molecular weight excluding hydrogens is 923 g/mol. The zero-order valence-corrected chi connectivity index (χ0v) is 42.7. The van der Waals surface area contributed by atoms with Gasteiger partial charge in [0.2, 0.25) is 0 Å². The Kier molecular flexibility index (Phi) is 12.1. The number of fused-ring (bicyclic) bond motifs is 7. The fourth-order valence-electron chi connectivity index (χ4n) is 11.5. The van der Waals surface area contributed by atoms with E-state index >= 15 is 0 Å². The van der Waals surface area contributed by atoms with Gasteiger partial charge in [-0.3, -0.25) is 0 Å². The minimum Gasteiger partial charge on any atom is -0.309 e. The lowest BCUT2D eigenvalue weighted by molar-refractivity contribution is 1.12. The van der Waals surface area contributed by atoms with E-state index in [0.29, 0.717) is 0 Å². The first-order valence-electron chi connectivity index (χ1n) is 26.1. The second kappa shape index (κ2) is 19.8. The van der Waals surface area contributed by atoms with E-state index in [9.17, 15) is 0 Å². The fraction of sp³-hybridized carbons (Fsp3) is 0.0548. The summed E-state index contributed by atoms with van der Waals surface area (Å²) in [6, 6.07) is 58.8. The van der Waals surface area contributed by atoms with Crippen molar-refractivity contribution in [2.45, 2.75) is 31.1 Å². The molecule has 0 spiro atoms. The van der Waals surface area contributed by atoms with Gasteiger partial charge in [-0.2, -0.15) is 0 Å². The van der Waals surface area contributed by atoms with Gasteiger partial charge < -0.3 is 4.57 Å². The average Bonchev–Trinajstić information content (AvgIpc) is 3.84. The lowest BCUT2D eigenvalue weighted by atomic mass is 9.85. The van der Waals surface area contributed by atoms with Crippen LogP contribution in [0.2, 0.25) is 0 Å². The van der Waals surface area contributed by atoms with E-state index in [2.05, 4.69) is 267 Å². The van der Waals surface area contributed by atoms with Crippen LogP contribution in [0, 0.1) is 0 Å². The SMILES string of the molecule is C=C/C=C\C=C(/CC)C1=CC(c2ccccc2)=CC2=C=C1Sc1c2cc(C2=CC=CCC=C2)cc1-c1ccc2c3ccccc3n(-c3ccc(-c4c5ccccc5c(C5=CCC=CC=C5)c5ccccc45)cc3)c2c1. The first-order valence-corrected chi connectivity index (χ1v) is 27.0. The van der Waals surface area contributed by atoms with Crippen LogP contribution in [0.4, 0.5) is 0 Å². The molecule has 2 bridgehead atoms. The van der Waals surface area contributed by atoms with E-state index in [1.165, 1.54) is 121 Å². The minimum absolute atomic E-state index is 0.874. The summed E-state index contributed by atoms with van der Waals surface area (Å²) in [4.78, 5) is 2.37. The van der Waals surface area contributed by atoms with Crippen molar-refractivity contribution < 1.29 is 0 Å². The molecule has 0 unspecified atom stereocenters. The van der Waals surface area contributed by atoms with E-state index in [1.807, 2.05) is 23.9 Å². The Morgan fingerprint density at radius 1 is 0.560 bits per heavy atom. The molecule has 4 aliphatic rings. The molecular formula is C73H53NS. The zero-order chi connectivity index (χ0) is 50.2. The topological polar surface area (TPSA) is 4.93 Å². The molecule has 9 aromatic rings. The third-order valence-electron chi connectivity index (χ3n) is 15.0. The smallest absolute Gasteiger partial charge is 0.0623 e. The largest absolute Gasteiger partial charge is 0.309 e. The van der Waals surface area contributed by atoms with Gasteiger partial charge in [-0.1, -0.05) is 237 Å². The maximum Gasteiger partial charge on any atom is 0.0623 e. The Morgan fingerprint density at radius 2 is 1.25 bits per heavy atom. The number of allylic oxidation sites excluding steroid dienone is 21. The van der Waals surface area contributed by atoms with Crippen molar-refractivity contribution in [3.8, 4) is 27.9 Å². The van der Waals surface area contributed by atoms with Crippen LogP contribution in [0.25, 0.3) is 93.6 Å². The summed E-state index contributed by atoms with van der Waals surface area (Å²) in [5.74, 6) is 0. The van der Waals surface area contributed by atoms with Crippen molar-refractivity contribution in [1.82, 2.24) is 4.57 Å². The fourth-order valence-corrected chi connectivity index (χ4v) is 12.7. The molecule has 0 amide bonds. The number of thioether (sulfide) groups is 1. The highest BCUT2D eigenvalue weighted by molar-refractivity contribution is 8.03. The van der Waals surface area contributed by atoms with Crippen molar-refractivity contribution in [3.05, 3.63) is 306 Å². The summed E-state index contributed by atoms with van der Waals surface area (Å²) in [5.41, 5.74) is 24.3. The third kappa shape index (κ3) is 8.36. The summed E-state index contributed by atoms with van der Waals surface area (Å²) in [6.07, 6.45) is 38.0. The van der Waals surface area contributed by atoms with E-state index in [0.717, 1.165) is 35.4 Å². The van der Waals surface area contributed by atoms with Gasteiger partial charge in [-0.15, -0.1) is 0 Å². The zero-order valence-electron chi connectivity index (χ0n) is 41.9. The maximum atomic E-state index is 3.98. The van der Waals surface area contributed by atoms with Gasteiger partial charge in [-0.25, -0.2) is 0 Å². The summed E-state index contributed by atoms with van der Waals surface area (Å²) in [7, 11) is 0. The summed E-state index contributed by atoms with van der Waals surface area (Å²) in [5, 5.41) is 7.51. The monoisotopic (exact) mass is 975 g/mol. The average molecular weight is 976 g/mol. The van der Waals surface area contributed by atoms with Gasteiger partial charge in [0.05, 0.1) is 15.9 Å². The molecule has 0 fully saturated rings. The van der Waals surface area contributed by atoms with E-state index in [-0.39, 0.29) is 0 Å². The molecule has 0 saturated carbocycles. The molecule has 0 N–H and O–H groups in total. The van der Waals surface area contributed by atoms with E-state index < -0.39 is 0 Å². The molecule has 75 heavy (non-hydrogen) atoms. The second-order valence-corrected chi connectivity index (χ2v) is 20.4. The summed E-state index contributed by atoms with van der Waals surface area (Å²) >= 11 is 1.85. The standard InChI is InChI=1S/C73H53NS/c1-3-5-11-24-49(4-2)65-44-55(50-27-16-10-17-28-50)43-57-48-70(65)75-73-66(45-56(46-67(57)73)51-25-12-6-7-13-26-51)54-39-42-60-59-31-22-23-36-68(59)74(69(60)47-54)58-40-37-53(38-41-58)72-63-34-20-18-32-61(63)71(52-29-14-8-9-15-30-52)62-33-19-21-35-64(62)72/h3,5-6,8-14,16-47H,1,4,7,15H2,2H3/b11-5-,49-24+. The Bertz CT molecular complexity index is 4190. The summed E-state index contributed by atoms with van der Waals surface area (Å²) in [6.45, 7) is 6.19. The molecule has 1 aliphatic heterocycles. The van der Waals surface area contributed by atoms with E-state index in [4.69, 9.17) is 0 Å². The van der Waals surface area contributed by atoms with Gasteiger partial charge in [0.1, 0.15) is 0 Å². The number of hydrogen-bond acceptors (Lipinski definition) is 1. The van der Waals surface area contributed by atoms with Gasteiger partial charge in [0, 0.05) is 38.1 Å². The van der Waals surface area contributed by atoms with Crippen molar-refractivity contribution in [1.29, 1.82) is 0 Å². The van der Waals surface area contributed by atoms with Crippen molar-refractivity contribution in [2.24, 2.45) is 0 Å². The highest BCUT2D eigenvalue weighted by atomic mass is 32.2. The molecule has 2 heteroatoms. The van der Waals surface area contributed by atoms with Gasteiger partial charge >= 0.3 is 0 Å². The Morgan fingerprint density at radius 3 is 2.03 bits per heavy atom. The number of benzene rings is 8. The minimum atomic E-state index is 0.874. The van der Waals surface area contributed by atoms with Crippen molar-refractivity contribution in [3.63, 3.8) is 0 Å². The lowest BCUT2D eigenvalue weighted by Crippen LogP contribution is -2.00. The van der Waals surface area contributed by atoms with Crippen LogP contribution >= 0.6 is 11.8 Å². The highest BCUT2D eigenvalue weighted by Gasteiger charge is 2.27. The molecule has 0 radical (unpaired) electrons. The lowest BCUT2D eigenvalue weighted by Gasteiger charge is -2.22. The van der Waals surface area contributed by atoms with Crippen LogP contribution in [0.15, 0.2) is 288 Å². The number of hydrogen-bond donors (Lipinski definition) is 0. The Balaban J connectivity index is 0.989. The normalized spacial score (nSPS) is 15.3.